The predicted octanol–water partition coefficient (Wildman–Crippen LogP) is 4.25. The molecule has 4 nitrogen and oxygen atoms in total. The summed E-state index contributed by atoms with van der Waals surface area (Å²) in [4.78, 5) is 16.1. The Labute approximate surface area is 144 Å². The molecule has 3 rings (SSSR count). The van der Waals surface area contributed by atoms with Gasteiger partial charge in [0.2, 0.25) is 5.91 Å². The van der Waals surface area contributed by atoms with E-state index in [0.29, 0.717) is 11.4 Å². The molecule has 0 saturated carbocycles. The first-order valence-electron chi connectivity index (χ1n) is 7.61. The number of anilines is 1. The number of pyridine rings is 1. The molecule has 1 heterocycles. The first-order chi connectivity index (χ1) is 12.1. The third kappa shape index (κ3) is 4.29. The van der Waals surface area contributed by atoms with Gasteiger partial charge in [-0.2, -0.15) is 0 Å². The van der Waals surface area contributed by atoms with Crippen LogP contribution in [0.15, 0.2) is 72.9 Å². The summed E-state index contributed by atoms with van der Waals surface area (Å²) in [7, 11) is 0. The van der Waals surface area contributed by atoms with Crippen LogP contribution < -0.4 is 5.32 Å². The molecule has 1 aromatic heterocycles. The summed E-state index contributed by atoms with van der Waals surface area (Å²) in [6, 6.07) is 16.5. The highest BCUT2D eigenvalue weighted by Gasteiger charge is 2.03. The van der Waals surface area contributed by atoms with Crippen LogP contribution in [-0.2, 0) is 4.79 Å². The van der Waals surface area contributed by atoms with Crippen molar-refractivity contribution in [3.63, 3.8) is 0 Å². The Kier molecular flexibility index (Phi) is 4.85. The maximum absolute atomic E-state index is 13.5. The van der Waals surface area contributed by atoms with Crippen molar-refractivity contribution in [1.82, 2.24) is 4.98 Å². The third-order valence-corrected chi connectivity index (χ3v) is 3.53. The van der Waals surface area contributed by atoms with E-state index in [1.165, 1.54) is 18.2 Å². The van der Waals surface area contributed by atoms with Gasteiger partial charge >= 0.3 is 0 Å². The summed E-state index contributed by atoms with van der Waals surface area (Å²) in [6.45, 7) is 0. The zero-order chi connectivity index (χ0) is 17.6. The average Bonchev–Trinajstić information content (AvgIpc) is 2.62. The number of phenolic OH excluding ortho intramolecular Hbond substituents is 1. The second-order valence-electron chi connectivity index (χ2n) is 5.32. The van der Waals surface area contributed by atoms with Gasteiger partial charge in [-0.3, -0.25) is 4.79 Å². The van der Waals surface area contributed by atoms with Crippen LogP contribution in [0.2, 0.25) is 0 Å². The maximum atomic E-state index is 13.5. The van der Waals surface area contributed by atoms with E-state index >= 15 is 0 Å². The van der Waals surface area contributed by atoms with Gasteiger partial charge in [0.15, 0.2) is 0 Å². The molecule has 0 aliphatic rings. The first kappa shape index (κ1) is 16.4. The number of carbonyl (C=O) groups excluding carboxylic acids is 1. The van der Waals surface area contributed by atoms with Crippen molar-refractivity contribution in [2.24, 2.45) is 0 Å². The topological polar surface area (TPSA) is 62.2 Å². The lowest BCUT2D eigenvalue weighted by Crippen LogP contribution is -2.09. The Morgan fingerprint density at radius 1 is 1.00 bits per heavy atom. The van der Waals surface area contributed by atoms with Crippen molar-refractivity contribution >= 4 is 17.8 Å². The van der Waals surface area contributed by atoms with Crippen LogP contribution in [0.1, 0.15) is 5.56 Å². The molecule has 0 spiro atoms. The van der Waals surface area contributed by atoms with Gasteiger partial charge in [0, 0.05) is 23.4 Å². The number of nitrogens with zero attached hydrogens (tertiary/aromatic N) is 1. The molecule has 1 amide bonds. The highest BCUT2D eigenvalue weighted by Crippen LogP contribution is 2.22. The van der Waals surface area contributed by atoms with Gasteiger partial charge in [0.1, 0.15) is 17.4 Å². The van der Waals surface area contributed by atoms with Gasteiger partial charge in [0.05, 0.1) is 0 Å². The Bertz CT molecular complexity index is 904. The molecule has 124 valence electrons. The van der Waals surface area contributed by atoms with E-state index in [1.807, 2.05) is 6.07 Å². The summed E-state index contributed by atoms with van der Waals surface area (Å²) >= 11 is 0. The number of benzene rings is 2. The van der Waals surface area contributed by atoms with Crippen LogP contribution in [0, 0.1) is 5.82 Å². The zero-order valence-corrected chi connectivity index (χ0v) is 13.2. The van der Waals surface area contributed by atoms with E-state index < -0.39 is 5.91 Å². The van der Waals surface area contributed by atoms with Crippen molar-refractivity contribution in [2.75, 3.05) is 5.32 Å². The van der Waals surface area contributed by atoms with Crippen LogP contribution in [0.4, 0.5) is 10.2 Å². The molecule has 0 unspecified atom stereocenters. The number of carbonyl (C=O) groups is 1. The lowest BCUT2D eigenvalue weighted by atomic mass is 10.1. The zero-order valence-electron chi connectivity index (χ0n) is 13.2. The van der Waals surface area contributed by atoms with E-state index in [0.717, 1.165) is 11.1 Å². The normalized spacial score (nSPS) is 10.8. The molecule has 0 fully saturated rings. The van der Waals surface area contributed by atoms with Crippen LogP contribution in [0.5, 0.6) is 5.75 Å². The number of halogens is 1. The van der Waals surface area contributed by atoms with E-state index in [4.69, 9.17) is 0 Å². The smallest absolute Gasteiger partial charge is 0.249 e. The Morgan fingerprint density at radius 3 is 2.40 bits per heavy atom. The molecule has 5 heteroatoms. The molecule has 2 aromatic carbocycles. The molecule has 25 heavy (non-hydrogen) atoms. The SMILES string of the molecule is O=C(/C=C/c1ccccc1F)Nc1ccc(-c2ccc(O)cc2)cn1. The number of amides is 1. The molecule has 0 atom stereocenters. The first-order valence-corrected chi connectivity index (χ1v) is 7.61. The van der Waals surface area contributed by atoms with Crippen molar-refractivity contribution in [3.8, 4) is 16.9 Å². The van der Waals surface area contributed by atoms with Gasteiger partial charge in [-0.15, -0.1) is 0 Å². The molecule has 3 aromatic rings. The van der Waals surface area contributed by atoms with E-state index in [2.05, 4.69) is 10.3 Å². The fraction of sp³-hybridized carbons (Fsp3) is 0. The minimum atomic E-state index is -0.395. The molecule has 2 N–H and O–H groups in total. The number of aromatic nitrogens is 1. The number of hydrogen-bond acceptors (Lipinski definition) is 3. The van der Waals surface area contributed by atoms with Crippen LogP contribution in [-0.4, -0.2) is 16.0 Å². The van der Waals surface area contributed by atoms with Gasteiger partial charge < -0.3 is 10.4 Å². The number of rotatable bonds is 4. The summed E-state index contributed by atoms with van der Waals surface area (Å²) in [5, 5.41) is 11.9. The summed E-state index contributed by atoms with van der Waals surface area (Å²) in [6.07, 6.45) is 4.30. The highest BCUT2D eigenvalue weighted by atomic mass is 19.1. The molecule has 0 radical (unpaired) electrons. The lowest BCUT2D eigenvalue weighted by molar-refractivity contribution is -0.111. The van der Waals surface area contributed by atoms with Crippen LogP contribution in [0.3, 0.4) is 0 Å². The Balaban J connectivity index is 1.66. The minimum absolute atomic E-state index is 0.197. The van der Waals surface area contributed by atoms with Crippen molar-refractivity contribution in [1.29, 1.82) is 0 Å². The lowest BCUT2D eigenvalue weighted by Gasteiger charge is -2.04. The highest BCUT2D eigenvalue weighted by molar-refractivity contribution is 6.01. The van der Waals surface area contributed by atoms with E-state index in [9.17, 15) is 14.3 Å². The maximum Gasteiger partial charge on any atom is 0.249 e. The van der Waals surface area contributed by atoms with Crippen molar-refractivity contribution in [3.05, 3.63) is 84.3 Å². The monoisotopic (exact) mass is 334 g/mol. The molecule has 0 aliphatic heterocycles. The molecular formula is C20H15FN2O2. The standard InChI is InChI=1S/C20H15FN2O2/c21-18-4-2-1-3-15(18)8-12-20(25)23-19-11-7-16(13-22-19)14-5-9-17(24)10-6-14/h1-13,24H,(H,22,23,25)/b12-8+. The fourth-order valence-electron chi connectivity index (χ4n) is 2.24. The molecular weight excluding hydrogens is 319 g/mol. The molecule has 0 aliphatic carbocycles. The van der Waals surface area contributed by atoms with Gasteiger partial charge in [-0.1, -0.05) is 30.3 Å². The average molecular weight is 334 g/mol. The fourth-order valence-corrected chi connectivity index (χ4v) is 2.24. The van der Waals surface area contributed by atoms with Crippen LogP contribution >= 0.6 is 0 Å². The van der Waals surface area contributed by atoms with E-state index in [1.54, 1.807) is 54.7 Å². The number of aromatic hydroxyl groups is 1. The van der Waals surface area contributed by atoms with Gasteiger partial charge in [0.25, 0.3) is 0 Å². The van der Waals surface area contributed by atoms with Crippen molar-refractivity contribution < 1.29 is 14.3 Å². The van der Waals surface area contributed by atoms with E-state index in [-0.39, 0.29) is 11.6 Å². The second-order valence-corrected chi connectivity index (χ2v) is 5.32. The predicted molar refractivity (Wildman–Crippen MR) is 95.4 cm³/mol. The number of nitrogens with one attached hydrogen (secondary N) is 1. The summed E-state index contributed by atoms with van der Waals surface area (Å²) in [5.74, 6) is -0.191. The summed E-state index contributed by atoms with van der Waals surface area (Å²) < 4.78 is 13.5. The van der Waals surface area contributed by atoms with Crippen molar-refractivity contribution in [2.45, 2.75) is 0 Å². The van der Waals surface area contributed by atoms with Crippen LogP contribution in [0.25, 0.3) is 17.2 Å². The third-order valence-electron chi connectivity index (χ3n) is 3.53. The second kappa shape index (κ2) is 7.40. The number of hydrogen-bond donors (Lipinski definition) is 2. The Morgan fingerprint density at radius 2 is 1.72 bits per heavy atom. The Hall–Kier alpha value is -3.47. The summed E-state index contributed by atoms with van der Waals surface area (Å²) in [5.41, 5.74) is 2.11. The minimum Gasteiger partial charge on any atom is -0.508 e. The van der Waals surface area contributed by atoms with Gasteiger partial charge in [-0.05, 0) is 42.0 Å². The quantitative estimate of drug-likeness (QED) is 0.701. The molecule has 0 saturated heterocycles. The number of phenols is 1. The van der Waals surface area contributed by atoms with Gasteiger partial charge in [-0.25, -0.2) is 9.37 Å². The molecule has 0 bridgehead atoms. The largest absolute Gasteiger partial charge is 0.508 e.